The Kier molecular flexibility index (Phi) is 8.90. The van der Waals surface area contributed by atoms with E-state index in [1.165, 1.54) is 16.8 Å². The number of benzene rings is 2. The molecule has 156 valence electrons. The average Bonchev–Trinajstić information content (AvgIpc) is 3.12. The summed E-state index contributed by atoms with van der Waals surface area (Å²) < 4.78 is 3.21. The quantitative estimate of drug-likeness (QED) is 0.464. The zero-order valence-corrected chi connectivity index (χ0v) is 21.6. The Labute approximate surface area is 182 Å². The summed E-state index contributed by atoms with van der Waals surface area (Å²) >= 11 is -3.17. The minimum absolute atomic E-state index is 0. The number of aryl methyl sites for hydroxylation is 2. The second-order valence-corrected chi connectivity index (χ2v) is 28.2. The standard InChI is InChI=1S/C9H13N.C6H5.C5H5.4CH3.2ClH.Ti/c1-7-5-4-6-8(2)9(7)10-3;1-2-4-6-5-3-1;1-2-4-5-3-1;;;;;;;/h4-6,10H,1-3H3;1-5H;1-3H,4H2;4*1H3;2*1H;. The first kappa shape index (κ1) is 27.0. The molecule has 0 amide bonds. The van der Waals surface area contributed by atoms with Gasteiger partial charge in [-0.1, -0.05) is 18.2 Å². The number of halogens is 2. The van der Waals surface area contributed by atoms with E-state index in [4.69, 9.17) is 0 Å². The van der Waals surface area contributed by atoms with Crippen LogP contribution in [0.5, 0.6) is 0 Å². The first-order valence-electron chi connectivity index (χ1n) is 9.62. The molecule has 0 aliphatic heterocycles. The van der Waals surface area contributed by atoms with Gasteiger partial charge in [0, 0.05) is 12.7 Å². The van der Waals surface area contributed by atoms with Crippen LogP contribution in [0.4, 0.5) is 5.69 Å². The predicted molar refractivity (Wildman–Crippen MR) is 131 cm³/mol. The van der Waals surface area contributed by atoms with Gasteiger partial charge < -0.3 is 5.32 Å². The van der Waals surface area contributed by atoms with Gasteiger partial charge in [-0.15, -0.1) is 24.8 Å². The summed E-state index contributed by atoms with van der Waals surface area (Å²) in [6.45, 7) is 4.22. The van der Waals surface area contributed by atoms with E-state index < -0.39 is 14.0 Å². The zero-order chi connectivity index (χ0) is 19.5. The van der Waals surface area contributed by atoms with Crippen LogP contribution in [0.1, 0.15) is 17.5 Å². The Balaban J connectivity index is 0.000000532. The minimum atomic E-state index is -3.17. The Hall–Kier alpha value is -0.986. The molecule has 1 aliphatic carbocycles. The van der Waals surface area contributed by atoms with Gasteiger partial charge in [-0.05, 0) is 25.0 Å². The molecule has 0 radical (unpaired) electrons. The Morgan fingerprint density at radius 3 is 1.71 bits per heavy atom. The van der Waals surface area contributed by atoms with Crippen molar-refractivity contribution in [3.63, 3.8) is 0 Å². The van der Waals surface area contributed by atoms with Crippen molar-refractivity contribution >= 4 is 34.4 Å². The molecular formula is C24H37Cl2NTi. The van der Waals surface area contributed by atoms with Crippen molar-refractivity contribution in [1.29, 1.82) is 0 Å². The van der Waals surface area contributed by atoms with Gasteiger partial charge in [-0.2, -0.15) is 0 Å². The topological polar surface area (TPSA) is 12.0 Å². The summed E-state index contributed by atoms with van der Waals surface area (Å²) in [6.07, 6.45) is 7.97. The molecule has 2 aromatic rings. The van der Waals surface area contributed by atoms with Gasteiger partial charge in [-0.3, -0.25) is 0 Å². The van der Waals surface area contributed by atoms with E-state index in [0.717, 1.165) is 6.42 Å². The van der Waals surface area contributed by atoms with Crippen LogP contribution in [0.2, 0.25) is 20.9 Å². The molecule has 0 aromatic heterocycles. The zero-order valence-electron chi connectivity index (χ0n) is 18.4. The van der Waals surface area contributed by atoms with Gasteiger partial charge in [0.2, 0.25) is 0 Å². The molecule has 1 nitrogen and oxygen atoms in total. The van der Waals surface area contributed by atoms with Crippen molar-refractivity contribution in [2.24, 2.45) is 0 Å². The summed E-state index contributed by atoms with van der Waals surface area (Å²) in [5.41, 5.74) is 3.87. The molecule has 28 heavy (non-hydrogen) atoms. The number of allylic oxidation sites excluding steroid dienone is 4. The van der Waals surface area contributed by atoms with E-state index in [9.17, 15) is 0 Å². The summed E-state index contributed by atoms with van der Waals surface area (Å²) in [5, 5.41) is 13.3. The third-order valence-corrected chi connectivity index (χ3v) is 15.7. The Bertz CT molecular complexity index is 826. The molecule has 3 rings (SSSR count). The number of hydrogen-bond acceptors (Lipinski definition) is 1. The molecule has 0 bridgehead atoms. The summed E-state index contributed by atoms with van der Waals surface area (Å²) in [6, 6.07) is 17.4. The monoisotopic (exact) mass is 457 g/mol. The Morgan fingerprint density at radius 2 is 1.32 bits per heavy atom. The molecule has 1 aliphatic rings. The van der Waals surface area contributed by atoms with Crippen LogP contribution in [0, 0.1) is 13.8 Å². The molecular weight excluding hydrogens is 421 g/mol. The summed E-state index contributed by atoms with van der Waals surface area (Å²) in [7, 11) is 1.95. The molecule has 4 heteroatoms. The van der Waals surface area contributed by atoms with Crippen LogP contribution in [0.3, 0.4) is 0 Å². The molecule has 0 unspecified atom stereocenters. The van der Waals surface area contributed by atoms with Gasteiger partial charge in [0.05, 0.1) is 0 Å². The van der Waals surface area contributed by atoms with Crippen molar-refractivity contribution in [1.82, 2.24) is 0 Å². The second kappa shape index (κ2) is 9.22. The fourth-order valence-electron chi connectivity index (χ4n) is 3.86. The van der Waals surface area contributed by atoms with Crippen LogP contribution in [0.15, 0.2) is 70.6 Å². The van der Waals surface area contributed by atoms with Gasteiger partial charge in [0.15, 0.2) is 0 Å². The van der Waals surface area contributed by atoms with Gasteiger partial charge in [-0.25, -0.2) is 0 Å². The third-order valence-electron chi connectivity index (χ3n) is 6.02. The van der Waals surface area contributed by atoms with E-state index >= 15 is 0 Å². The van der Waals surface area contributed by atoms with Gasteiger partial charge in [0.1, 0.15) is 0 Å². The fraction of sp³-hybridized carbons (Fsp3) is 0.333. The molecule has 1 N–H and O–H groups in total. The average molecular weight is 458 g/mol. The first-order valence-corrected chi connectivity index (χ1v) is 17.4. The van der Waals surface area contributed by atoms with Crippen molar-refractivity contribution < 1.29 is 14.0 Å². The number of hydrogen-bond donors (Lipinski definition) is 1. The maximum atomic E-state index is 3.16. The van der Waals surface area contributed by atoms with Crippen molar-refractivity contribution in [2.45, 2.75) is 41.2 Å². The molecule has 0 atom stereocenters. The van der Waals surface area contributed by atoms with E-state index in [1.54, 1.807) is 7.75 Å². The van der Waals surface area contributed by atoms with Crippen LogP contribution in [-0.2, 0) is 14.0 Å². The number of nitrogens with one attached hydrogen (secondary N) is 1. The van der Waals surface area contributed by atoms with Crippen LogP contribution >= 0.6 is 24.8 Å². The van der Waals surface area contributed by atoms with Gasteiger partial charge in [0.25, 0.3) is 0 Å². The predicted octanol–water partition coefficient (Wildman–Crippen LogP) is 7.76. The number of anilines is 1. The molecule has 0 saturated heterocycles. The van der Waals surface area contributed by atoms with Crippen LogP contribution < -0.4 is 9.18 Å². The van der Waals surface area contributed by atoms with E-state index in [1.807, 2.05) is 7.05 Å². The molecule has 0 fully saturated rings. The normalized spacial score (nSPS) is 14.9. The van der Waals surface area contributed by atoms with E-state index in [2.05, 4.69) is 107 Å². The molecule has 0 saturated carbocycles. The van der Waals surface area contributed by atoms with Crippen molar-refractivity contribution in [3.8, 4) is 0 Å². The van der Waals surface area contributed by atoms with Crippen LogP contribution in [-0.4, -0.2) is 7.05 Å². The van der Waals surface area contributed by atoms with Crippen molar-refractivity contribution in [2.75, 3.05) is 12.4 Å². The maximum absolute atomic E-state index is 3.17. The molecule has 0 spiro atoms. The third kappa shape index (κ3) is 5.77. The van der Waals surface area contributed by atoms with E-state index in [-0.39, 0.29) is 24.8 Å². The molecule has 2 aromatic carbocycles. The van der Waals surface area contributed by atoms with Crippen LogP contribution in [0.25, 0.3) is 0 Å². The number of para-hydroxylation sites is 1. The Morgan fingerprint density at radius 1 is 0.786 bits per heavy atom. The number of rotatable bonds is 3. The van der Waals surface area contributed by atoms with Crippen molar-refractivity contribution in [3.05, 3.63) is 81.8 Å². The SMILES string of the molecule is CNc1c(C)cccc1C.Cl.Cl.[CH3][Ti]([CH3])([CH3])([CH3])([C]1=CC=CC1)[c]1ccccc1. The second-order valence-electron chi connectivity index (χ2n) is 10.3. The first-order chi connectivity index (χ1) is 12.0. The van der Waals surface area contributed by atoms with E-state index in [0.29, 0.717) is 0 Å². The summed E-state index contributed by atoms with van der Waals surface area (Å²) in [4.78, 5) is 0. The fourth-order valence-corrected chi connectivity index (χ4v) is 10.0. The summed E-state index contributed by atoms with van der Waals surface area (Å²) in [5.74, 6) is 0. The molecule has 0 heterocycles. The van der Waals surface area contributed by atoms with Gasteiger partial charge >= 0.3 is 97.7 Å².